The molecule has 31 heavy (non-hydrogen) atoms. The molecule has 1 atom stereocenters. The van der Waals surface area contributed by atoms with Crippen LogP contribution in [0.5, 0.6) is 11.5 Å². The van der Waals surface area contributed by atoms with Gasteiger partial charge in [-0.1, -0.05) is 29.8 Å². The van der Waals surface area contributed by atoms with Crippen molar-refractivity contribution in [3.8, 4) is 11.5 Å². The highest BCUT2D eigenvalue weighted by atomic mass is 16.5. The first-order valence-electron chi connectivity index (χ1n) is 10.8. The van der Waals surface area contributed by atoms with Gasteiger partial charge in [-0.3, -0.25) is 4.90 Å². The number of urea groups is 1. The highest BCUT2D eigenvalue weighted by Crippen LogP contribution is 2.38. The fraction of sp³-hybridized carbons (Fsp3) is 0.480. The lowest BCUT2D eigenvalue weighted by Crippen LogP contribution is -2.49. The van der Waals surface area contributed by atoms with E-state index in [1.807, 2.05) is 20.8 Å². The van der Waals surface area contributed by atoms with Gasteiger partial charge in [0.2, 0.25) is 0 Å². The Hall–Kier alpha value is -2.73. The Morgan fingerprint density at radius 1 is 1.10 bits per heavy atom. The summed E-state index contributed by atoms with van der Waals surface area (Å²) in [5.41, 5.74) is 4.64. The molecule has 0 saturated carbocycles. The Balaban J connectivity index is 1.88. The van der Waals surface area contributed by atoms with Crippen LogP contribution in [0.4, 0.5) is 4.79 Å². The average Bonchev–Trinajstić information content (AvgIpc) is 2.72. The molecule has 0 fully saturated rings. The molecule has 2 N–H and O–H groups in total. The Kier molecular flexibility index (Phi) is 7.11. The number of hydrogen-bond donors (Lipinski definition) is 2. The fourth-order valence-electron chi connectivity index (χ4n) is 4.01. The second-order valence-corrected chi connectivity index (χ2v) is 9.21. The largest absolute Gasteiger partial charge is 0.493 e. The lowest BCUT2D eigenvalue weighted by molar-refractivity contribution is 0.169. The van der Waals surface area contributed by atoms with Crippen LogP contribution in [-0.4, -0.2) is 43.8 Å². The second kappa shape index (κ2) is 9.60. The number of carbonyl (C=O) groups is 1. The van der Waals surface area contributed by atoms with Gasteiger partial charge in [-0.2, -0.15) is 0 Å². The Labute approximate surface area is 185 Å². The monoisotopic (exact) mass is 425 g/mol. The van der Waals surface area contributed by atoms with Crippen LogP contribution in [0.25, 0.3) is 0 Å². The molecule has 1 aliphatic rings. The van der Waals surface area contributed by atoms with Crippen LogP contribution in [0.2, 0.25) is 0 Å². The Morgan fingerprint density at radius 3 is 2.35 bits per heavy atom. The summed E-state index contributed by atoms with van der Waals surface area (Å²) in [7, 11) is 3.31. The van der Waals surface area contributed by atoms with Crippen molar-refractivity contribution >= 4 is 6.03 Å². The number of amides is 2. The molecule has 0 unspecified atom stereocenters. The summed E-state index contributed by atoms with van der Waals surface area (Å²) in [5.74, 6) is 1.45. The van der Waals surface area contributed by atoms with Crippen molar-refractivity contribution in [2.24, 2.45) is 0 Å². The molecular formula is C25H35N3O3. The maximum atomic E-state index is 12.5. The molecule has 0 spiro atoms. The molecule has 6 heteroatoms. The molecule has 0 saturated heterocycles. The Morgan fingerprint density at radius 2 is 1.74 bits per heavy atom. The smallest absolute Gasteiger partial charge is 0.315 e. The van der Waals surface area contributed by atoms with Crippen molar-refractivity contribution in [3.63, 3.8) is 0 Å². The summed E-state index contributed by atoms with van der Waals surface area (Å²) in [6.45, 7) is 10.3. The lowest BCUT2D eigenvalue weighted by Gasteiger charge is -2.38. The summed E-state index contributed by atoms with van der Waals surface area (Å²) < 4.78 is 11.1. The average molecular weight is 426 g/mol. The first-order chi connectivity index (χ1) is 14.7. The summed E-state index contributed by atoms with van der Waals surface area (Å²) >= 11 is 0. The standard InChI is InChI=1S/C25H35N3O3/c1-17-7-9-18(10-8-17)16-28-12-11-19-13-22(30-5)23(31-6)14-20(19)21(28)15-26-24(29)27-25(2,3)4/h7-10,13-14,21H,11-12,15-16H2,1-6H3,(H2,26,27,29)/t21-/m1/s1. The molecule has 1 aliphatic heterocycles. The fourth-order valence-corrected chi connectivity index (χ4v) is 4.01. The van der Waals surface area contributed by atoms with E-state index in [2.05, 4.69) is 58.9 Å². The van der Waals surface area contributed by atoms with Crippen LogP contribution in [-0.2, 0) is 13.0 Å². The zero-order valence-corrected chi connectivity index (χ0v) is 19.5. The van der Waals surface area contributed by atoms with Crippen LogP contribution in [0, 0.1) is 6.92 Å². The topological polar surface area (TPSA) is 62.8 Å². The first-order valence-corrected chi connectivity index (χ1v) is 10.8. The Bertz CT molecular complexity index is 903. The molecule has 0 aromatic heterocycles. The SMILES string of the molecule is COc1cc2c(cc1OC)[C@@H](CNC(=O)NC(C)(C)C)N(Cc1ccc(C)cc1)CC2. The van der Waals surface area contributed by atoms with Crippen LogP contribution < -0.4 is 20.1 Å². The van der Waals surface area contributed by atoms with Gasteiger partial charge in [-0.15, -0.1) is 0 Å². The highest BCUT2D eigenvalue weighted by molar-refractivity contribution is 5.74. The molecule has 2 aromatic carbocycles. The molecule has 168 valence electrons. The van der Waals surface area contributed by atoms with Crippen molar-refractivity contribution < 1.29 is 14.3 Å². The van der Waals surface area contributed by atoms with Crippen molar-refractivity contribution in [1.29, 1.82) is 0 Å². The third kappa shape index (κ3) is 5.91. The van der Waals surface area contributed by atoms with Crippen molar-refractivity contribution in [1.82, 2.24) is 15.5 Å². The normalized spacial score (nSPS) is 16.4. The predicted molar refractivity (Wildman–Crippen MR) is 124 cm³/mol. The zero-order valence-electron chi connectivity index (χ0n) is 19.5. The minimum absolute atomic E-state index is 0.0376. The van der Waals surface area contributed by atoms with Gasteiger partial charge in [0.1, 0.15) is 0 Å². The van der Waals surface area contributed by atoms with Crippen molar-refractivity contribution in [2.75, 3.05) is 27.3 Å². The maximum absolute atomic E-state index is 12.5. The first kappa shape index (κ1) is 22.9. The lowest BCUT2D eigenvalue weighted by atomic mass is 9.91. The van der Waals surface area contributed by atoms with E-state index in [0.29, 0.717) is 12.3 Å². The molecule has 6 nitrogen and oxygen atoms in total. The van der Waals surface area contributed by atoms with E-state index in [1.165, 1.54) is 22.3 Å². The maximum Gasteiger partial charge on any atom is 0.315 e. The number of fused-ring (bicyclic) bond motifs is 1. The van der Waals surface area contributed by atoms with Crippen molar-refractivity contribution in [2.45, 2.75) is 52.2 Å². The molecule has 2 aromatic rings. The van der Waals surface area contributed by atoms with E-state index in [1.54, 1.807) is 14.2 Å². The van der Waals surface area contributed by atoms with Crippen molar-refractivity contribution in [3.05, 3.63) is 58.7 Å². The van der Waals surface area contributed by atoms with E-state index in [9.17, 15) is 4.79 Å². The van der Waals surface area contributed by atoms with Gasteiger partial charge >= 0.3 is 6.03 Å². The van der Waals surface area contributed by atoms with Crippen LogP contribution in [0.15, 0.2) is 36.4 Å². The number of ether oxygens (including phenoxy) is 2. The van der Waals surface area contributed by atoms with Gasteiger partial charge in [0.05, 0.1) is 20.3 Å². The number of aryl methyl sites for hydroxylation is 1. The molecule has 1 heterocycles. The number of rotatable bonds is 6. The van der Waals surface area contributed by atoms with Gasteiger partial charge in [0, 0.05) is 25.2 Å². The molecule has 0 radical (unpaired) electrons. The highest BCUT2D eigenvalue weighted by Gasteiger charge is 2.30. The second-order valence-electron chi connectivity index (χ2n) is 9.21. The molecular weight excluding hydrogens is 390 g/mol. The van der Waals surface area contributed by atoms with E-state index < -0.39 is 0 Å². The number of carbonyl (C=O) groups excluding carboxylic acids is 1. The number of benzene rings is 2. The quantitative estimate of drug-likeness (QED) is 0.728. The van der Waals surface area contributed by atoms with Crippen LogP contribution in [0.1, 0.15) is 49.1 Å². The van der Waals surface area contributed by atoms with Crippen LogP contribution >= 0.6 is 0 Å². The minimum Gasteiger partial charge on any atom is -0.493 e. The van der Waals surface area contributed by atoms with E-state index in [0.717, 1.165) is 25.3 Å². The third-order valence-electron chi connectivity index (χ3n) is 5.56. The predicted octanol–water partition coefficient (Wildman–Crippen LogP) is 4.21. The molecule has 2 amide bonds. The summed E-state index contributed by atoms with van der Waals surface area (Å²) in [6, 6.07) is 12.7. The number of nitrogens with one attached hydrogen (secondary N) is 2. The number of methoxy groups -OCH3 is 2. The molecule has 0 bridgehead atoms. The van der Waals surface area contributed by atoms with E-state index >= 15 is 0 Å². The molecule has 0 aliphatic carbocycles. The van der Waals surface area contributed by atoms with Gasteiger partial charge in [-0.05, 0) is 62.9 Å². The van der Waals surface area contributed by atoms with E-state index in [4.69, 9.17) is 9.47 Å². The van der Waals surface area contributed by atoms with E-state index in [-0.39, 0.29) is 17.6 Å². The third-order valence-corrected chi connectivity index (χ3v) is 5.56. The van der Waals surface area contributed by atoms with Crippen LogP contribution in [0.3, 0.4) is 0 Å². The molecule has 3 rings (SSSR count). The van der Waals surface area contributed by atoms with Gasteiger partial charge in [-0.25, -0.2) is 4.79 Å². The van der Waals surface area contributed by atoms with Gasteiger partial charge in [0.15, 0.2) is 11.5 Å². The minimum atomic E-state index is -0.285. The number of hydrogen-bond acceptors (Lipinski definition) is 4. The number of nitrogens with zero attached hydrogens (tertiary/aromatic N) is 1. The summed E-state index contributed by atoms with van der Waals surface area (Å²) in [6.07, 6.45) is 0.923. The zero-order chi connectivity index (χ0) is 22.6. The summed E-state index contributed by atoms with van der Waals surface area (Å²) in [4.78, 5) is 14.9. The summed E-state index contributed by atoms with van der Waals surface area (Å²) in [5, 5.41) is 6.06. The van der Waals surface area contributed by atoms with Gasteiger partial charge in [0.25, 0.3) is 0 Å². The van der Waals surface area contributed by atoms with Gasteiger partial charge < -0.3 is 20.1 Å².